The fourth-order valence-corrected chi connectivity index (χ4v) is 3.27. The molecule has 1 N–H and O–H groups in total. The summed E-state index contributed by atoms with van der Waals surface area (Å²) < 4.78 is 4.83. The van der Waals surface area contributed by atoms with Crippen molar-refractivity contribution in [2.75, 3.05) is 47.4 Å². The molecule has 0 aromatic rings. The molecular formula is C15H28N4O2. The predicted octanol–water partition coefficient (Wildman–Crippen LogP) is 0.541. The van der Waals surface area contributed by atoms with Crippen LogP contribution in [0, 0.1) is 5.92 Å². The van der Waals surface area contributed by atoms with Gasteiger partial charge < -0.3 is 19.9 Å². The molecule has 2 fully saturated rings. The van der Waals surface area contributed by atoms with Crippen molar-refractivity contribution < 1.29 is 9.53 Å². The SMILES string of the molecule is CN=C(NCC1CCCN1C)N1CCC(C(=O)OC)CC1. The van der Waals surface area contributed by atoms with Crippen molar-refractivity contribution in [1.29, 1.82) is 0 Å². The molecule has 1 atom stereocenters. The third-order valence-corrected chi connectivity index (χ3v) is 4.71. The largest absolute Gasteiger partial charge is 0.469 e. The maximum atomic E-state index is 11.6. The van der Waals surface area contributed by atoms with Crippen LogP contribution < -0.4 is 5.32 Å². The number of aliphatic imine (C=N–C) groups is 1. The van der Waals surface area contributed by atoms with E-state index in [2.05, 4.69) is 27.2 Å². The van der Waals surface area contributed by atoms with E-state index in [1.165, 1.54) is 26.5 Å². The highest BCUT2D eigenvalue weighted by molar-refractivity contribution is 5.80. The Hall–Kier alpha value is -1.30. The summed E-state index contributed by atoms with van der Waals surface area (Å²) in [6, 6.07) is 0.606. The third kappa shape index (κ3) is 4.09. The molecular weight excluding hydrogens is 268 g/mol. The highest BCUT2D eigenvalue weighted by atomic mass is 16.5. The van der Waals surface area contributed by atoms with Gasteiger partial charge in [-0.1, -0.05) is 0 Å². The number of likely N-dealkylation sites (N-methyl/N-ethyl adjacent to an activating group) is 1. The molecule has 2 saturated heterocycles. The Kier molecular flexibility index (Phi) is 5.85. The topological polar surface area (TPSA) is 57.2 Å². The molecule has 21 heavy (non-hydrogen) atoms. The highest BCUT2D eigenvalue weighted by Crippen LogP contribution is 2.19. The second-order valence-corrected chi connectivity index (χ2v) is 5.99. The Morgan fingerprint density at radius 1 is 1.29 bits per heavy atom. The summed E-state index contributed by atoms with van der Waals surface area (Å²) in [6.07, 6.45) is 4.23. The van der Waals surface area contributed by atoms with E-state index in [1.807, 2.05) is 7.05 Å². The Labute approximate surface area is 127 Å². The maximum Gasteiger partial charge on any atom is 0.308 e. The van der Waals surface area contributed by atoms with E-state index in [0.29, 0.717) is 6.04 Å². The van der Waals surface area contributed by atoms with Gasteiger partial charge in [-0.05, 0) is 39.3 Å². The van der Waals surface area contributed by atoms with Crippen LogP contribution in [0.1, 0.15) is 25.7 Å². The molecule has 2 aliphatic heterocycles. The van der Waals surface area contributed by atoms with Crippen LogP contribution in [0.25, 0.3) is 0 Å². The Morgan fingerprint density at radius 2 is 2.00 bits per heavy atom. The highest BCUT2D eigenvalue weighted by Gasteiger charge is 2.27. The van der Waals surface area contributed by atoms with Crippen LogP contribution in [0.3, 0.4) is 0 Å². The first-order chi connectivity index (χ1) is 10.2. The lowest BCUT2D eigenvalue weighted by atomic mass is 9.97. The zero-order chi connectivity index (χ0) is 15.2. The smallest absolute Gasteiger partial charge is 0.308 e. The fourth-order valence-electron chi connectivity index (χ4n) is 3.27. The summed E-state index contributed by atoms with van der Waals surface area (Å²) in [7, 11) is 5.48. The van der Waals surface area contributed by atoms with Crippen molar-refractivity contribution in [3.63, 3.8) is 0 Å². The van der Waals surface area contributed by atoms with Gasteiger partial charge in [0, 0.05) is 32.7 Å². The lowest BCUT2D eigenvalue weighted by molar-refractivity contribution is -0.146. The molecule has 0 aliphatic carbocycles. The van der Waals surface area contributed by atoms with Crippen molar-refractivity contribution in [2.24, 2.45) is 10.9 Å². The van der Waals surface area contributed by atoms with Gasteiger partial charge in [-0.15, -0.1) is 0 Å². The molecule has 0 aromatic carbocycles. The van der Waals surface area contributed by atoms with Gasteiger partial charge in [0.15, 0.2) is 5.96 Å². The molecule has 6 nitrogen and oxygen atoms in total. The first-order valence-corrected chi connectivity index (χ1v) is 7.89. The molecule has 1 unspecified atom stereocenters. The van der Waals surface area contributed by atoms with Crippen LogP contribution in [0.4, 0.5) is 0 Å². The number of esters is 1. The summed E-state index contributed by atoms with van der Waals surface area (Å²) in [6.45, 7) is 3.86. The van der Waals surface area contributed by atoms with Gasteiger partial charge >= 0.3 is 5.97 Å². The molecule has 0 radical (unpaired) electrons. The molecule has 2 heterocycles. The number of hydrogen-bond acceptors (Lipinski definition) is 4. The molecule has 0 amide bonds. The fraction of sp³-hybridized carbons (Fsp3) is 0.867. The molecule has 0 aromatic heterocycles. The minimum absolute atomic E-state index is 0.0466. The van der Waals surface area contributed by atoms with Crippen LogP contribution in [0.2, 0.25) is 0 Å². The number of methoxy groups -OCH3 is 1. The molecule has 2 aliphatic rings. The van der Waals surface area contributed by atoms with E-state index in [0.717, 1.165) is 38.4 Å². The van der Waals surface area contributed by atoms with Crippen molar-refractivity contribution in [3.8, 4) is 0 Å². The second kappa shape index (κ2) is 7.64. The summed E-state index contributed by atoms with van der Waals surface area (Å²) >= 11 is 0. The number of likely N-dealkylation sites (tertiary alicyclic amines) is 2. The predicted molar refractivity (Wildman–Crippen MR) is 83.3 cm³/mol. The number of carbonyl (C=O) groups is 1. The van der Waals surface area contributed by atoms with Crippen LogP contribution in [0.5, 0.6) is 0 Å². The van der Waals surface area contributed by atoms with Gasteiger partial charge in [-0.3, -0.25) is 9.79 Å². The van der Waals surface area contributed by atoms with Gasteiger partial charge in [0.1, 0.15) is 0 Å². The molecule has 6 heteroatoms. The monoisotopic (exact) mass is 296 g/mol. The Bertz CT molecular complexity index is 378. The first kappa shape index (κ1) is 16.1. The van der Waals surface area contributed by atoms with Gasteiger partial charge in [-0.25, -0.2) is 0 Å². The molecule has 0 bridgehead atoms. The number of nitrogens with zero attached hydrogens (tertiary/aromatic N) is 3. The number of piperidine rings is 1. The maximum absolute atomic E-state index is 11.6. The van der Waals surface area contributed by atoms with Crippen LogP contribution in [-0.2, 0) is 9.53 Å². The number of hydrogen-bond donors (Lipinski definition) is 1. The summed E-state index contributed by atoms with van der Waals surface area (Å²) in [5.41, 5.74) is 0. The van der Waals surface area contributed by atoms with E-state index in [9.17, 15) is 4.79 Å². The molecule has 0 saturated carbocycles. The quantitative estimate of drug-likeness (QED) is 0.468. The van der Waals surface area contributed by atoms with Crippen molar-refractivity contribution in [3.05, 3.63) is 0 Å². The number of nitrogens with one attached hydrogen (secondary N) is 1. The molecule has 2 rings (SSSR count). The Morgan fingerprint density at radius 3 is 2.52 bits per heavy atom. The lowest BCUT2D eigenvalue weighted by Crippen LogP contribution is -2.49. The lowest BCUT2D eigenvalue weighted by Gasteiger charge is -2.34. The third-order valence-electron chi connectivity index (χ3n) is 4.71. The van der Waals surface area contributed by atoms with E-state index in [1.54, 1.807) is 0 Å². The number of carbonyl (C=O) groups excluding carboxylic acids is 1. The molecule has 120 valence electrons. The number of guanidine groups is 1. The van der Waals surface area contributed by atoms with E-state index in [4.69, 9.17) is 4.74 Å². The first-order valence-electron chi connectivity index (χ1n) is 7.89. The van der Waals surface area contributed by atoms with Crippen LogP contribution in [-0.4, -0.2) is 75.2 Å². The van der Waals surface area contributed by atoms with Crippen molar-refractivity contribution in [1.82, 2.24) is 15.1 Å². The van der Waals surface area contributed by atoms with Gasteiger partial charge in [0.2, 0.25) is 0 Å². The number of rotatable bonds is 3. The normalized spacial score (nSPS) is 25.2. The van der Waals surface area contributed by atoms with Crippen LogP contribution in [0.15, 0.2) is 4.99 Å². The standard InChI is InChI=1S/C15H28N4O2/c1-16-15(17-11-13-5-4-8-18(13)2)19-9-6-12(7-10-19)14(20)21-3/h12-13H,4-11H2,1-3H3,(H,16,17). The zero-order valence-corrected chi connectivity index (χ0v) is 13.5. The van der Waals surface area contributed by atoms with Gasteiger partial charge in [-0.2, -0.15) is 0 Å². The van der Waals surface area contributed by atoms with E-state index in [-0.39, 0.29) is 11.9 Å². The summed E-state index contributed by atoms with van der Waals surface area (Å²) in [4.78, 5) is 20.6. The average molecular weight is 296 g/mol. The zero-order valence-electron chi connectivity index (χ0n) is 13.5. The van der Waals surface area contributed by atoms with E-state index >= 15 is 0 Å². The minimum Gasteiger partial charge on any atom is -0.469 e. The van der Waals surface area contributed by atoms with Gasteiger partial charge in [0.05, 0.1) is 13.0 Å². The number of ether oxygens (including phenoxy) is 1. The summed E-state index contributed by atoms with van der Waals surface area (Å²) in [5, 5.41) is 3.49. The minimum atomic E-state index is -0.0785. The van der Waals surface area contributed by atoms with E-state index < -0.39 is 0 Å². The van der Waals surface area contributed by atoms with Crippen molar-refractivity contribution >= 4 is 11.9 Å². The van der Waals surface area contributed by atoms with Gasteiger partial charge in [0.25, 0.3) is 0 Å². The summed E-state index contributed by atoms with van der Waals surface area (Å²) in [5.74, 6) is 0.925. The van der Waals surface area contributed by atoms with Crippen LogP contribution >= 0.6 is 0 Å². The molecule has 0 spiro atoms. The average Bonchev–Trinajstić information content (AvgIpc) is 2.93. The Balaban J connectivity index is 1.79. The second-order valence-electron chi connectivity index (χ2n) is 5.99. The van der Waals surface area contributed by atoms with Crippen molar-refractivity contribution in [2.45, 2.75) is 31.7 Å².